The van der Waals surface area contributed by atoms with Gasteiger partial charge in [-0.25, -0.2) is 23.4 Å². The van der Waals surface area contributed by atoms with Gasteiger partial charge in [0.2, 0.25) is 11.8 Å². The summed E-state index contributed by atoms with van der Waals surface area (Å²) in [6.45, 7) is 1.68. The van der Waals surface area contributed by atoms with E-state index in [1.54, 1.807) is 38.2 Å². The van der Waals surface area contributed by atoms with Gasteiger partial charge in [0.25, 0.3) is 10.0 Å². The van der Waals surface area contributed by atoms with E-state index < -0.39 is 46.4 Å². The first-order valence-corrected chi connectivity index (χ1v) is 13.9. The minimum absolute atomic E-state index is 0.0425. The topological polar surface area (TPSA) is 163 Å². The molecule has 14 heteroatoms. The number of rotatable bonds is 9. The molecule has 12 nitrogen and oxygen atoms in total. The van der Waals surface area contributed by atoms with Crippen LogP contribution in [0, 0.1) is 0 Å². The average molecular weight is 580 g/mol. The van der Waals surface area contributed by atoms with Crippen molar-refractivity contribution in [2.75, 3.05) is 13.6 Å². The summed E-state index contributed by atoms with van der Waals surface area (Å²) in [5.41, 5.74) is 3.85. The largest absolute Gasteiger partial charge is 0.508 e. The standard InChI is InChI=1S/C25H30ClN5O7S/c1-15-13-29(2)31(26)25(15)39(37,38)28-20(12-22(34)27-36)24(35)30(14-16-6-5-8-18(32)10-16)23-19-9-4-3-7-17(19)11-21(23)33/h3-10,20-21,23,28,32-33,36H,11-14H2,1-2H3,(H,27,34)/t20-,21-,23+/m1/s1. The van der Waals surface area contributed by atoms with Crippen LogP contribution >= 0.6 is 11.8 Å². The average Bonchev–Trinajstić information content (AvgIpc) is 3.35. The van der Waals surface area contributed by atoms with Crippen LogP contribution in [0.2, 0.25) is 0 Å². The summed E-state index contributed by atoms with van der Waals surface area (Å²) in [6.07, 6.45) is -1.49. The molecule has 0 saturated carbocycles. The first kappa shape index (κ1) is 28.8. The number of sulfonamides is 1. The number of phenols is 1. The van der Waals surface area contributed by atoms with Gasteiger partial charge >= 0.3 is 0 Å². The summed E-state index contributed by atoms with van der Waals surface area (Å²) >= 11 is 6.18. The number of likely N-dealkylation sites (N-methyl/N-ethyl adjacent to an activating group) is 1. The number of fused-ring (bicyclic) bond motifs is 1. The fourth-order valence-corrected chi connectivity index (χ4v) is 7.06. The molecule has 0 radical (unpaired) electrons. The minimum Gasteiger partial charge on any atom is -0.508 e. The van der Waals surface area contributed by atoms with E-state index in [9.17, 15) is 28.2 Å². The van der Waals surface area contributed by atoms with E-state index in [2.05, 4.69) is 4.72 Å². The zero-order chi connectivity index (χ0) is 28.5. The van der Waals surface area contributed by atoms with Gasteiger partial charge in [0.05, 0.1) is 18.6 Å². The van der Waals surface area contributed by atoms with E-state index in [4.69, 9.17) is 17.0 Å². The smallest absolute Gasteiger partial charge is 0.259 e. The molecule has 1 aliphatic heterocycles. The second-order valence-corrected chi connectivity index (χ2v) is 11.6. The molecule has 3 atom stereocenters. The number of aromatic hydroxyl groups is 1. The highest BCUT2D eigenvalue weighted by atomic mass is 35.5. The van der Waals surface area contributed by atoms with E-state index in [0.29, 0.717) is 16.7 Å². The first-order valence-electron chi connectivity index (χ1n) is 12.1. The van der Waals surface area contributed by atoms with Crippen molar-refractivity contribution in [1.29, 1.82) is 0 Å². The van der Waals surface area contributed by atoms with Crippen molar-refractivity contribution in [2.45, 2.75) is 44.5 Å². The number of hydrazine groups is 1. The number of phenolic OH excluding ortho intramolecular Hbond substituents is 1. The summed E-state index contributed by atoms with van der Waals surface area (Å²) in [7, 11) is -2.85. The van der Waals surface area contributed by atoms with E-state index in [0.717, 1.165) is 10.1 Å². The Bertz CT molecular complexity index is 1400. The number of carbonyl (C=O) groups excluding carboxylic acids is 2. The number of nitrogens with one attached hydrogen (secondary N) is 2. The predicted octanol–water partition coefficient (Wildman–Crippen LogP) is 1.11. The molecule has 5 N–H and O–H groups in total. The van der Waals surface area contributed by atoms with Crippen molar-refractivity contribution in [2.24, 2.45) is 0 Å². The molecule has 4 rings (SSSR count). The third-order valence-corrected chi connectivity index (χ3v) is 8.86. The van der Waals surface area contributed by atoms with Gasteiger partial charge in [-0.3, -0.25) is 14.8 Å². The van der Waals surface area contributed by atoms with E-state index >= 15 is 0 Å². The molecule has 0 fully saturated rings. The molecule has 2 aromatic carbocycles. The van der Waals surface area contributed by atoms with Crippen LogP contribution in [0.5, 0.6) is 5.75 Å². The Morgan fingerprint density at radius 3 is 2.56 bits per heavy atom. The number of benzene rings is 2. The number of aliphatic hydroxyl groups is 1. The third-order valence-electron chi connectivity index (χ3n) is 6.71. The molecule has 0 bridgehead atoms. The van der Waals surface area contributed by atoms with Gasteiger partial charge in [-0.2, -0.15) is 4.72 Å². The van der Waals surface area contributed by atoms with E-state index in [-0.39, 0.29) is 30.3 Å². The zero-order valence-electron chi connectivity index (χ0n) is 21.3. The van der Waals surface area contributed by atoms with Gasteiger partial charge in [0.1, 0.15) is 11.8 Å². The summed E-state index contributed by atoms with van der Waals surface area (Å²) in [6, 6.07) is 10.8. The number of hydroxylamine groups is 1. The molecule has 2 aromatic rings. The molecular formula is C25H30ClN5O7S. The lowest BCUT2D eigenvalue weighted by Crippen LogP contribution is -2.52. The van der Waals surface area contributed by atoms with Crippen molar-refractivity contribution in [3.05, 3.63) is 75.8 Å². The monoisotopic (exact) mass is 579 g/mol. The van der Waals surface area contributed by atoms with Gasteiger partial charge in [0, 0.05) is 38.3 Å². The van der Waals surface area contributed by atoms with Crippen molar-refractivity contribution in [3.63, 3.8) is 0 Å². The number of nitrogens with zero attached hydrogens (tertiary/aromatic N) is 3. The Morgan fingerprint density at radius 2 is 1.92 bits per heavy atom. The van der Waals surface area contributed by atoms with Gasteiger partial charge in [-0.1, -0.05) is 36.4 Å². The minimum atomic E-state index is -4.43. The molecular weight excluding hydrogens is 550 g/mol. The Balaban J connectivity index is 1.75. The Hall–Kier alpha value is -3.20. The highest BCUT2D eigenvalue weighted by Gasteiger charge is 2.43. The first-order chi connectivity index (χ1) is 18.4. The maximum atomic E-state index is 14.1. The lowest BCUT2D eigenvalue weighted by atomic mass is 10.0. The highest BCUT2D eigenvalue weighted by Crippen LogP contribution is 2.38. The van der Waals surface area contributed by atoms with E-state index in [1.807, 2.05) is 12.1 Å². The van der Waals surface area contributed by atoms with E-state index in [1.165, 1.54) is 27.5 Å². The predicted molar refractivity (Wildman–Crippen MR) is 141 cm³/mol. The third kappa shape index (κ3) is 6.03. The van der Waals surface area contributed by atoms with Crippen molar-refractivity contribution < 1.29 is 33.4 Å². The number of carbonyl (C=O) groups is 2. The molecule has 0 unspecified atom stereocenters. The van der Waals surface area contributed by atoms with Crippen molar-refractivity contribution in [3.8, 4) is 5.75 Å². The molecule has 0 spiro atoms. The van der Waals surface area contributed by atoms with Crippen LogP contribution in [0.25, 0.3) is 0 Å². The molecule has 2 amide bonds. The fraction of sp³-hybridized carbons (Fsp3) is 0.360. The van der Waals surface area contributed by atoms with Gasteiger partial charge in [-0.15, -0.1) is 0 Å². The molecule has 1 heterocycles. The molecule has 210 valence electrons. The molecule has 39 heavy (non-hydrogen) atoms. The van der Waals surface area contributed by atoms with Crippen LogP contribution in [0.15, 0.2) is 59.1 Å². The molecule has 1 aliphatic carbocycles. The van der Waals surface area contributed by atoms with Crippen LogP contribution in [0.4, 0.5) is 0 Å². The lowest BCUT2D eigenvalue weighted by Gasteiger charge is -2.35. The van der Waals surface area contributed by atoms with Crippen molar-refractivity contribution in [1.82, 2.24) is 24.6 Å². The Morgan fingerprint density at radius 1 is 1.21 bits per heavy atom. The maximum Gasteiger partial charge on any atom is 0.259 e. The Kier molecular flexibility index (Phi) is 8.49. The highest BCUT2D eigenvalue weighted by molar-refractivity contribution is 7.93. The maximum absolute atomic E-state index is 14.1. The Labute approximate surface area is 231 Å². The number of aliphatic hydroxyl groups excluding tert-OH is 1. The fourth-order valence-electron chi connectivity index (χ4n) is 5.06. The lowest BCUT2D eigenvalue weighted by molar-refractivity contribution is -0.142. The quantitative estimate of drug-likeness (QED) is 0.166. The molecule has 0 saturated heterocycles. The van der Waals surface area contributed by atoms with Crippen LogP contribution in [0.3, 0.4) is 0 Å². The summed E-state index contributed by atoms with van der Waals surface area (Å²) < 4.78 is 30.0. The van der Waals surface area contributed by atoms with Gasteiger partial charge in [-0.05, 0) is 41.3 Å². The SMILES string of the molecule is CC1=C(S(=O)(=O)N[C@H](CC(=O)NO)C(=O)N(Cc2cccc(O)c2)[C@H]2c3ccccc3C[C@H]2O)N(Cl)N(C)C1. The van der Waals surface area contributed by atoms with Crippen molar-refractivity contribution >= 4 is 33.6 Å². The summed E-state index contributed by atoms with van der Waals surface area (Å²) in [5.74, 6) is -1.87. The zero-order valence-corrected chi connectivity index (χ0v) is 22.9. The van der Waals surface area contributed by atoms with Crippen LogP contribution in [-0.4, -0.2) is 75.8 Å². The molecule has 0 aromatic heterocycles. The normalized spacial score (nSPS) is 20.2. The number of halogens is 1. The van der Waals surface area contributed by atoms with Gasteiger partial charge in [0.15, 0.2) is 5.03 Å². The summed E-state index contributed by atoms with van der Waals surface area (Å²) in [5, 5.41) is 31.4. The number of hydrogen-bond donors (Lipinski definition) is 5. The summed E-state index contributed by atoms with van der Waals surface area (Å²) in [4.78, 5) is 27.6. The second-order valence-electron chi connectivity index (χ2n) is 9.63. The van der Waals surface area contributed by atoms with Crippen LogP contribution < -0.4 is 10.2 Å². The molecule has 2 aliphatic rings. The second kappa shape index (κ2) is 11.5. The van der Waals surface area contributed by atoms with Crippen LogP contribution in [-0.2, 0) is 32.6 Å². The van der Waals surface area contributed by atoms with Crippen LogP contribution in [0.1, 0.15) is 36.1 Å². The number of hydrogen-bond acceptors (Lipinski definition) is 9. The number of amides is 2. The van der Waals surface area contributed by atoms with Gasteiger partial charge < -0.3 is 15.1 Å².